The summed E-state index contributed by atoms with van der Waals surface area (Å²) in [5.74, 6) is -0.710. The highest BCUT2D eigenvalue weighted by Crippen LogP contribution is 2.34. The number of carbonyl (C=O) groups is 1. The van der Waals surface area contributed by atoms with Crippen LogP contribution in [-0.4, -0.2) is 14.3 Å². The smallest absolute Gasteiger partial charge is 0.371 e. The van der Waals surface area contributed by atoms with Crippen molar-refractivity contribution in [2.45, 2.75) is 12.4 Å². The number of amides is 1. The molecular formula is C29H20F6N2O4S. The second-order valence-electron chi connectivity index (χ2n) is 8.84. The van der Waals surface area contributed by atoms with Crippen molar-refractivity contribution < 1.29 is 43.7 Å². The molecular weight excluding hydrogens is 586 g/mol. The van der Waals surface area contributed by atoms with E-state index in [-0.39, 0.29) is 22.4 Å². The lowest BCUT2D eigenvalue weighted by molar-refractivity contribution is -0.138. The van der Waals surface area contributed by atoms with Crippen molar-refractivity contribution in [1.29, 1.82) is 0 Å². The maximum Gasteiger partial charge on any atom is 0.416 e. The first kappa shape index (κ1) is 30.3. The van der Waals surface area contributed by atoms with Crippen LogP contribution >= 0.6 is 0 Å². The average Bonchev–Trinajstić information content (AvgIpc) is 2.90. The number of rotatable bonds is 7. The van der Waals surface area contributed by atoms with Crippen LogP contribution in [0, 0.1) is 0 Å². The third kappa shape index (κ3) is 7.77. The molecule has 13 heteroatoms. The van der Waals surface area contributed by atoms with E-state index in [0.29, 0.717) is 16.5 Å². The first-order valence-electron chi connectivity index (χ1n) is 11.9. The highest BCUT2D eigenvalue weighted by atomic mass is 32.2. The second-order valence-corrected chi connectivity index (χ2v) is 10.00. The fourth-order valence-electron chi connectivity index (χ4n) is 3.99. The molecule has 0 atom stereocenters. The third-order valence-electron chi connectivity index (χ3n) is 5.88. The van der Waals surface area contributed by atoms with E-state index in [1.54, 1.807) is 24.3 Å². The minimum atomic E-state index is -4.58. The fourth-order valence-corrected chi connectivity index (χ4v) is 4.36. The van der Waals surface area contributed by atoms with Crippen molar-refractivity contribution in [3.05, 3.63) is 125 Å². The van der Waals surface area contributed by atoms with Gasteiger partial charge >= 0.3 is 22.7 Å². The molecule has 0 fully saturated rings. The minimum Gasteiger partial charge on any atom is -0.371 e. The van der Waals surface area contributed by atoms with Gasteiger partial charge in [0.25, 0.3) is 0 Å². The van der Waals surface area contributed by atoms with Gasteiger partial charge in [-0.05, 0) is 64.6 Å². The van der Waals surface area contributed by atoms with Crippen molar-refractivity contribution in [3.63, 3.8) is 0 Å². The van der Waals surface area contributed by atoms with Crippen LogP contribution in [0.1, 0.15) is 22.3 Å². The SMILES string of the molecule is NS(=O)(=O)Oc1ccc2cccc(NC(=O)C=CC=C(c3ccc(C(F)(F)F)cc3)c3ccc(C(F)(F)F)cc3)c2c1. The van der Waals surface area contributed by atoms with E-state index >= 15 is 0 Å². The number of hydrogen-bond donors (Lipinski definition) is 2. The molecule has 1 amide bonds. The zero-order valence-corrected chi connectivity index (χ0v) is 22.0. The highest BCUT2D eigenvalue weighted by Gasteiger charge is 2.31. The number of benzene rings is 4. The number of nitrogens with two attached hydrogens (primary N) is 1. The van der Waals surface area contributed by atoms with Gasteiger partial charge in [0, 0.05) is 17.1 Å². The Morgan fingerprint density at radius 3 is 1.83 bits per heavy atom. The van der Waals surface area contributed by atoms with Crippen LogP contribution in [0.25, 0.3) is 16.3 Å². The molecule has 3 N–H and O–H groups in total. The molecule has 218 valence electrons. The van der Waals surface area contributed by atoms with Crippen molar-refractivity contribution in [2.24, 2.45) is 5.14 Å². The number of carbonyl (C=O) groups excluding carboxylic acids is 1. The first-order chi connectivity index (χ1) is 19.6. The summed E-state index contributed by atoms with van der Waals surface area (Å²) < 4.78 is 106. The molecule has 6 nitrogen and oxygen atoms in total. The summed E-state index contributed by atoms with van der Waals surface area (Å²) in [5, 5.41) is 8.63. The lowest BCUT2D eigenvalue weighted by Gasteiger charge is -2.12. The lowest BCUT2D eigenvalue weighted by atomic mass is 9.95. The Labute approximate surface area is 236 Å². The number of nitrogens with one attached hydrogen (secondary N) is 1. The Kier molecular flexibility index (Phi) is 8.45. The van der Waals surface area contributed by atoms with Gasteiger partial charge in [0.1, 0.15) is 5.75 Å². The molecule has 0 radical (unpaired) electrons. The number of halogens is 6. The molecule has 0 aromatic heterocycles. The predicted molar refractivity (Wildman–Crippen MR) is 145 cm³/mol. The van der Waals surface area contributed by atoms with Gasteiger partial charge in [-0.1, -0.05) is 54.6 Å². The number of fused-ring (bicyclic) bond motifs is 1. The van der Waals surface area contributed by atoms with Gasteiger partial charge in [-0.15, -0.1) is 0 Å². The van der Waals surface area contributed by atoms with Gasteiger partial charge in [-0.2, -0.15) is 39.9 Å². The maximum absolute atomic E-state index is 13.0. The molecule has 0 bridgehead atoms. The van der Waals surface area contributed by atoms with Crippen molar-refractivity contribution in [2.75, 3.05) is 5.32 Å². The summed E-state index contributed by atoms with van der Waals surface area (Å²) in [6, 6.07) is 17.3. The van der Waals surface area contributed by atoms with E-state index in [4.69, 9.17) is 5.14 Å². The predicted octanol–water partition coefficient (Wildman–Crippen LogP) is 7.09. The Bertz CT molecular complexity index is 1720. The summed E-state index contributed by atoms with van der Waals surface area (Å²) >= 11 is 0. The monoisotopic (exact) mass is 606 g/mol. The van der Waals surface area contributed by atoms with E-state index in [2.05, 4.69) is 9.50 Å². The van der Waals surface area contributed by atoms with Crippen LogP contribution in [-0.2, 0) is 27.5 Å². The van der Waals surface area contributed by atoms with Crippen LogP contribution in [0.5, 0.6) is 5.75 Å². The standard InChI is InChI=1S/C29H20F6N2O4S/c30-28(31,32)21-12-7-19(8-13-21)24(20-9-14-22(15-10-20)29(33,34)35)4-2-6-27(38)37-26-5-1-3-18-11-16-23(17-25(18)26)41-42(36,39)40/h1-17H,(H,37,38)(H2,36,39,40). The second kappa shape index (κ2) is 11.7. The van der Waals surface area contributed by atoms with Crippen molar-refractivity contribution >= 4 is 38.2 Å². The molecule has 0 unspecified atom stereocenters. The first-order valence-corrected chi connectivity index (χ1v) is 13.4. The summed E-state index contributed by atoms with van der Waals surface area (Å²) in [7, 11) is -4.28. The number of hydrogen-bond acceptors (Lipinski definition) is 4. The highest BCUT2D eigenvalue weighted by molar-refractivity contribution is 7.84. The molecule has 4 rings (SSSR count). The Morgan fingerprint density at radius 2 is 1.33 bits per heavy atom. The summed E-state index contributed by atoms with van der Waals surface area (Å²) in [4.78, 5) is 12.7. The summed E-state index contributed by atoms with van der Waals surface area (Å²) in [6.45, 7) is 0. The summed E-state index contributed by atoms with van der Waals surface area (Å²) in [6.07, 6.45) is -5.38. The van der Waals surface area contributed by atoms with E-state index < -0.39 is 39.7 Å². The van der Waals surface area contributed by atoms with E-state index in [1.165, 1.54) is 48.6 Å². The lowest BCUT2D eigenvalue weighted by Crippen LogP contribution is -2.18. The van der Waals surface area contributed by atoms with Gasteiger partial charge in [-0.25, -0.2) is 0 Å². The number of alkyl halides is 6. The minimum absolute atomic E-state index is 0.0806. The third-order valence-corrected chi connectivity index (χ3v) is 6.31. The zero-order chi connectivity index (χ0) is 30.7. The topological polar surface area (TPSA) is 98.5 Å². The quantitative estimate of drug-likeness (QED) is 0.133. The molecule has 42 heavy (non-hydrogen) atoms. The molecule has 0 spiro atoms. The van der Waals surface area contributed by atoms with Crippen LogP contribution in [0.3, 0.4) is 0 Å². The van der Waals surface area contributed by atoms with E-state index in [1.807, 2.05) is 0 Å². The fraction of sp³-hybridized carbons (Fsp3) is 0.0690. The normalized spacial score (nSPS) is 12.4. The van der Waals surface area contributed by atoms with Gasteiger partial charge in [0.15, 0.2) is 0 Å². The molecule has 0 saturated heterocycles. The van der Waals surface area contributed by atoms with Crippen molar-refractivity contribution in [3.8, 4) is 5.75 Å². The van der Waals surface area contributed by atoms with Gasteiger partial charge in [-0.3, -0.25) is 4.79 Å². The Balaban J connectivity index is 1.64. The largest absolute Gasteiger partial charge is 0.416 e. The van der Waals surface area contributed by atoms with E-state index in [0.717, 1.165) is 30.3 Å². The molecule has 4 aromatic rings. The molecule has 0 aliphatic rings. The molecule has 0 aliphatic heterocycles. The average molecular weight is 607 g/mol. The number of allylic oxidation sites excluding steroid dienone is 2. The van der Waals surface area contributed by atoms with Crippen molar-refractivity contribution in [1.82, 2.24) is 0 Å². The van der Waals surface area contributed by atoms with Gasteiger partial charge in [0.2, 0.25) is 5.91 Å². The Hall–Kier alpha value is -4.62. The van der Waals surface area contributed by atoms with Gasteiger partial charge < -0.3 is 9.50 Å². The Morgan fingerprint density at radius 1 is 0.786 bits per heavy atom. The van der Waals surface area contributed by atoms with Gasteiger partial charge in [0.05, 0.1) is 11.1 Å². The van der Waals surface area contributed by atoms with E-state index in [9.17, 15) is 39.6 Å². The molecule has 4 aromatic carbocycles. The van der Waals surface area contributed by atoms with Crippen LogP contribution in [0.15, 0.2) is 103 Å². The zero-order valence-electron chi connectivity index (χ0n) is 21.2. The molecule has 0 saturated carbocycles. The van der Waals surface area contributed by atoms with Crippen LogP contribution in [0.4, 0.5) is 32.0 Å². The van der Waals surface area contributed by atoms with Crippen LogP contribution < -0.4 is 14.6 Å². The molecule has 0 aliphatic carbocycles. The maximum atomic E-state index is 13.0. The molecule has 0 heterocycles. The summed E-state index contributed by atoms with van der Waals surface area (Å²) in [5.41, 5.74) is -0.706. The van der Waals surface area contributed by atoms with Crippen LogP contribution in [0.2, 0.25) is 0 Å². The number of anilines is 1.